The molecule has 90 heavy (non-hydrogen) atoms. The van der Waals surface area contributed by atoms with Gasteiger partial charge in [0.25, 0.3) is 0 Å². The number of quaternary nitrogens is 1. The van der Waals surface area contributed by atoms with Gasteiger partial charge >= 0.3 is 19.8 Å². The highest BCUT2D eigenvalue weighted by atomic mass is 31.2. The van der Waals surface area contributed by atoms with Crippen molar-refractivity contribution in [2.75, 3.05) is 47.5 Å². The molecule has 10 heteroatoms. The number of rotatable bonds is 61. The first-order valence-electron chi connectivity index (χ1n) is 34.8. The Morgan fingerprint density at radius 1 is 0.344 bits per heavy atom. The third-order valence-electron chi connectivity index (χ3n) is 13.8. The third kappa shape index (κ3) is 71.7. The number of carbonyl (C=O) groups is 2. The molecule has 0 aromatic heterocycles. The number of phosphoric acid groups is 1. The maximum atomic E-state index is 12.8. The van der Waals surface area contributed by atoms with E-state index in [1.165, 1.54) is 51.4 Å². The largest absolute Gasteiger partial charge is 0.472 e. The van der Waals surface area contributed by atoms with Crippen LogP contribution in [0, 0.1) is 0 Å². The molecule has 0 spiro atoms. The van der Waals surface area contributed by atoms with Crippen LogP contribution in [0.5, 0.6) is 0 Å². The fourth-order valence-corrected chi connectivity index (χ4v) is 9.30. The Kier molecular flexibility index (Phi) is 63.9. The van der Waals surface area contributed by atoms with E-state index in [0.717, 1.165) is 141 Å². The highest BCUT2D eigenvalue weighted by Crippen LogP contribution is 2.43. The van der Waals surface area contributed by atoms with Crippen LogP contribution in [0.4, 0.5) is 0 Å². The summed E-state index contributed by atoms with van der Waals surface area (Å²) < 4.78 is 34.6. The molecule has 0 fully saturated rings. The Morgan fingerprint density at radius 3 is 0.922 bits per heavy atom. The van der Waals surface area contributed by atoms with Crippen LogP contribution in [0.1, 0.15) is 232 Å². The van der Waals surface area contributed by atoms with Crippen LogP contribution < -0.4 is 0 Å². The summed E-state index contributed by atoms with van der Waals surface area (Å²) in [6, 6.07) is 0. The molecular weight excluding hydrogens is 1130 g/mol. The second-order valence-electron chi connectivity index (χ2n) is 23.4. The number of carbonyl (C=O) groups excluding carboxylic acids is 2. The summed E-state index contributed by atoms with van der Waals surface area (Å²) in [7, 11) is 1.41. The van der Waals surface area contributed by atoms with E-state index in [2.05, 4.69) is 214 Å². The molecule has 0 bridgehead atoms. The average Bonchev–Trinajstić information content (AvgIpc) is 3.58. The number of likely N-dealkylation sites (N-methyl/N-ethyl adjacent to an activating group) is 1. The van der Waals surface area contributed by atoms with Crippen molar-refractivity contribution >= 4 is 19.8 Å². The fraction of sp³-hybridized carbons (Fsp3) is 0.550. The van der Waals surface area contributed by atoms with Crippen LogP contribution in [-0.2, 0) is 32.7 Å². The molecule has 0 saturated carbocycles. The van der Waals surface area contributed by atoms with Crippen molar-refractivity contribution in [2.45, 2.75) is 238 Å². The molecule has 2 unspecified atom stereocenters. The first kappa shape index (κ1) is 84.6. The van der Waals surface area contributed by atoms with Crippen molar-refractivity contribution in [2.24, 2.45) is 0 Å². The van der Waals surface area contributed by atoms with Crippen LogP contribution in [0.2, 0.25) is 0 Å². The number of nitrogens with zero attached hydrogens (tertiary/aromatic N) is 1. The Bertz CT molecular complexity index is 2270. The van der Waals surface area contributed by atoms with Crippen LogP contribution in [0.15, 0.2) is 207 Å². The maximum Gasteiger partial charge on any atom is 0.472 e. The molecular formula is C80H127NO8P+. The van der Waals surface area contributed by atoms with Gasteiger partial charge in [0.05, 0.1) is 27.7 Å². The van der Waals surface area contributed by atoms with E-state index in [4.69, 9.17) is 18.5 Å². The Hall–Kier alpha value is -5.41. The lowest BCUT2D eigenvalue weighted by Crippen LogP contribution is -2.37. The number of esters is 2. The van der Waals surface area contributed by atoms with Crippen LogP contribution >= 0.6 is 7.82 Å². The highest BCUT2D eigenvalue weighted by molar-refractivity contribution is 7.47. The maximum absolute atomic E-state index is 12.8. The average molecular weight is 1260 g/mol. The minimum atomic E-state index is -4.42. The molecule has 9 nitrogen and oxygen atoms in total. The normalized spacial score (nSPS) is 14.4. The van der Waals surface area contributed by atoms with Gasteiger partial charge in [-0.15, -0.1) is 0 Å². The van der Waals surface area contributed by atoms with E-state index in [-0.39, 0.29) is 26.1 Å². The summed E-state index contributed by atoms with van der Waals surface area (Å²) in [5, 5.41) is 0. The molecule has 2 atom stereocenters. The van der Waals surface area contributed by atoms with Crippen LogP contribution in [-0.4, -0.2) is 74.9 Å². The minimum Gasteiger partial charge on any atom is -0.462 e. The van der Waals surface area contributed by atoms with Gasteiger partial charge < -0.3 is 18.9 Å². The molecule has 0 aromatic rings. The van der Waals surface area contributed by atoms with Gasteiger partial charge in [0.1, 0.15) is 19.8 Å². The zero-order valence-corrected chi connectivity index (χ0v) is 58.2. The summed E-state index contributed by atoms with van der Waals surface area (Å²) in [5.41, 5.74) is 0. The second-order valence-corrected chi connectivity index (χ2v) is 24.9. The van der Waals surface area contributed by atoms with Gasteiger partial charge in [0, 0.05) is 12.8 Å². The molecule has 0 radical (unpaired) electrons. The molecule has 0 amide bonds. The Balaban J connectivity index is 4.21. The van der Waals surface area contributed by atoms with E-state index in [0.29, 0.717) is 23.9 Å². The predicted octanol–water partition coefficient (Wildman–Crippen LogP) is 23.0. The number of ether oxygens (including phenoxy) is 2. The molecule has 1 N–H and O–H groups in total. The molecule has 0 aliphatic carbocycles. The number of hydrogen-bond donors (Lipinski definition) is 1. The van der Waals surface area contributed by atoms with E-state index in [1.807, 2.05) is 27.2 Å². The van der Waals surface area contributed by atoms with Crippen molar-refractivity contribution in [1.29, 1.82) is 0 Å². The van der Waals surface area contributed by atoms with Crippen LogP contribution in [0.3, 0.4) is 0 Å². The topological polar surface area (TPSA) is 108 Å². The summed E-state index contributed by atoms with van der Waals surface area (Å²) in [6.07, 6.45) is 108. The molecule has 504 valence electrons. The van der Waals surface area contributed by atoms with Crippen molar-refractivity contribution in [3.63, 3.8) is 0 Å². The van der Waals surface area contributed by atoms with Gasteiger partial charge in [-0.05, 0) is 141 Å². The van der Waals surface area contributed by atoms with Gasteiger partial charge in [-0.1, -0.05) is 285 Å². The SMILES string of the molecule is CC/C=C\C/C=C\C/C=C\C/C=C\C/C=C\C/C=C\C/C=C\C/C=C\C/C=C\CCCC(=O)OC(COC(=O)CCCCCCCCCCCCCC/C=C\C/C=C\C/C=C\C/C=C\C/C=C\C/C=C\C/C=C\C/C=C\CC)COP(=O)(O)OCC[N+](C)(C)C. The van der Waals surface area contributed by atoms with Crippen molar-refractivity contribution < 1.29 is 42.1 Å². The van der Waals surface area contributed by atoms with E-state index >= 15 is 0 Å². The standard InChI is InChI=1S/C80H126NO8P/c1-6-8-10-12-14-16-18-20-22-24-26-28-30-32-34-36-37-38-39-40-41-42-43-45-46-48-50-52-54-56-58-60-62-64-66-68-70-72-79(82)86-76-78(77-88-90(84,85)87-75-74-81(3,4)5)89-80(83)73-71-69-67-65-63-61-59-57-55-53-51-49-47-44-35-33-31-29-27-25-23-21-19-17-15-13-11-9-7-2/h8-11,14-17,20-23,26-29,32-35,37-38,40-41,43,45,47,49,53,55,59,61,65,67,78H,6-7,12-13,18-19,24-25,30-31,36,39,42,44,46,48,50-52,54,56-58,60,62-64,66,68-77H2,1-5H3/p+1/b10-8-,11-9-,16-14-,17-15-,22-20-,23-21-,28-26-,29-27-,34-32-,35-33-,38-37-,41-40-,45-43-,49-47-,55-53-,61-59-,67-65-. The number of phosphoric ester groups is 1. The lowest BCUT2D eigenvalue weighted by Gasteiger charge is -2.24. The third-order valence-corrected chi connectivity index (χ3v) is 14.8. The predicted molar refractivity (Wildman–Crippen MR) is 389 cm³/mol. The van der Waals surface area contributed by atoms with Crippen molar-refractivity contribution in [3.05, 3.63) is 207 Å². The number of unbranched alkanes of at least 4 members (excludes halogenated alkanes) is 13. The zero-order chi connectivity index (χ0) is 65.5. The van der Waals surface area contributed by atoms with E-state index < -0.39 is 32.5 Å². The monoisotopic (exact) mass is 1260 g/mol. The second kappa shape index (κ2) is 68.0. The quantitative estimate of drug-likeness (QED) is 0.0211. The van der Waals surface area contributed by atoms with Crippen molar-refractivity contribution in [3.8, 4) is 0 Å². The fourth-order valence-electron chi connectivity index (χ4n) is 8.56. The number of hydrogen-bond acceptors (Lipinski definition) is 7. The molecule has 0 rings (SSSR count). The Morgan fingerprint density at radius 2 is 0.611 bits per heavy atom. The summed E-state index contributed by atoms with van der Waals surface area (Å²) in [6.45, 7) is 4.11. The highest BCUT2D eigenvalue weighted by Gasteiger charge is 2.27. The zero-order valence-electron chi connectivity index (χ0n) is 57.3. The summed E-state index contributed by atoms with van der Waals surface area (Å²) in [4.78, 5) is 35.8. The van der Waals surface area contributed by atoms with E-state index in [1.54, 1.807) is 0 Å². The molecule has 0 aromatic carbocycles. The van der Waals surface area contributed by atoms with E-state index in [9.17, 15) is 19.0 Å². The van der Waals surface area contributed by atoms with Gasteiger partial charge in [-0.25, -0.2) is 4.57 Å². The van der Waals surface area contributed by atoms with Gasteiger partial charge in [0.15, 0.2) is 6.10 Å². The summed E-state index contributed by atoms with van der Waals surface area (Å²) >= 11 is 0. The lowest BCUT2D eigenvalue weighted by molar-refractivity contribution is -0.870. The van der Waals surface area contributed by atoms with Crippen LogP contribution in [0.25, 0.3) is 0 Å². The van der Waals surface area contributed by atoms with Gasteiger partial charge in [0.2, 0.25) is 0 Å². The molecule has 0 saturated heterocycles. The lowest BCUT2D eigenvalue weighted by atomic mass is 10.0. The minimum absolute atomic E-state index is 0.00907. The smallest absolute Gasteiger partial charge is 0.462 e. The first-order chi connectivity index (χ1) is 44.0. The van der Waals surface area contributed by atoms with Gasteiger partial charge in [-0.2, -0.15) is 0 Å². The molecule has 0 aliphatic rings. The molecule has 0 heterocycles. The molecule has 0 aliphatic heterocycles. The Labute approximate surface area is 551 Å². The van der Waals surface area contributed by atoms with Crippen molar-refractivity contribution in [1.82, 2.24) is 0 Å². The summed E-state index contributed by atoms with van der Waals surface area (Å²) in [5.74, 6) is -0.885. The first-order valence-corrected chi connectivity index (χ1v) is 36.3. The number of allylic oxidation sites excluding steroid dienone is 34. The van der Waals surface area contributed by atoms with Gasteiger partial charge in [-0.3, -0.25) is 18.6 Å².